The molecule has 0 saturated carbocycles. The predicted molar refractivity (Wildman–Crippen MR) is 85.9 cm³/mol. The Balaban J connectivity index is 0.00000176. The zero-order valence-electron chi connectivity index (χ0n) is 12.3. The molecule has 1 unspecified atom stereocenters. The van der Waals surface area contributed by atoms with Gasteiger partial charge in [0.15, 0.2) is 5.69 Å². The maximum Gasteiger partial charge on any atom is 0.276 e. The third kappa shape index (κ3) is 3.84. The fourth-order valence-corrected chi connectivity index (χ4v) is 2.60. The van der Waals surface area contributed by atoms with Crippen molar-refractivity contribution < 1.29 is 4.79 Å². The highest BCUT2D eigenvalue weighted by Gasteiger charge is 2.24. The number of nitrogens with two attached hydrogens (primary N) is 1. The second-order valence-electron chi connectivity index (χ2n) is 5.44. The highest BCUT2D eigenvalue weighted by Crippen LogP contribution is 2.11. The van der Waals surface area contributed by atoms with Gasteiger partial charge in [0.25, 0.3) is 5.91 Å². The zero-order chi connectivity index (χ0) is 14.7. The quantitative estimate of drug-likeness (QED) is 0.924. The lowest BCUT2D eigenvalue weighted by atomic mass is 10.1. The summed E-state index contributed by atoms with van der Waals surface area (Å²) in [6, 6.07) is 10.0. The Morgan fingerprint density at radius 1 is 1.32 bits per heavy atom. The minimum absolute atomic E-state index is 0. The van der Waals surface area contributed by atoms with Crippen LogP contribution in [-0.4, -0.2) is 44.9 Å². The number of nitrogens with zero attached hydrogens (tertiary/aromatic N) is 4. The molecular weight excluding hydrogens is 302 g/mol. The summed E-state index contributed by atoms with van der Waals surface area (Å²) in [5, 5.41) is 8.03. The summed E-state index contributed by atoms with van der Waals surface area (Å²) in [6.07, 6.45) is 3.63. The molecular formula is C15H20ClN5O. The van der Waals surface area contributed by atoms with E-state index >= 15 is 0 Å². The zero-order valence-corrected chi connectivity index (χ0v) is 13.1. The lowest BCUT2D eigenvalue weighted by molar-refractivity contribution is 0.0702. The Labute approximate surface area is 135 Å². The number of halogens is 1. The van der Waals surface area contributed by atoms with Crippen LogP contribution >= 0.6 is 12.4 Å². The molecule has 2 heterocycles. The lowest BCUT2D eigenvalue weighted by Crippen LogP contribution is -2.45. The van der Waals surface area contributed by atoms with Crippen molar-refractivity contribution in [1.82, 2.24) is 19.9 Å². The number of piperidine rings is 1. The lowest BCUT2D eigenvalue weighted by Gasteiger charge is -2.30. The molecule has 1 aromatic heterocycles. The molecule has 2 N–H and O–H groups in total. The van der Waals surface area contributed by atoms with Crippen LogP contribution < -0.4 is 5.73 Å². The number of hydrogen-bond donors (Lipinski definition) is 1. The van der Waals surface area contributed by atoms with Crippen LogP contribution in [0.4, 0.5) is 0 Å². The van der Waals surface area contributed by atoms with E-state index < -0.39 is 0 Å². The van der Waals surface area contributed by atoms with Gasteiger partial charge in [-0.3, -0.25) is 4.79 Å². The molecule has 1 fully saturated rings. The molecule has 0 radical (unpaired) electrons. The molecule has 1 atom stereocenters. The van der Waals surface area contributed by atoms with Crippen LogP contribution in [0.2, 0.25) is 0 Å². The van der Waals surface area contributed by atoms with Gasteiger partial charge < -0.3 is 10.6 Å². The second-order valence-corrected chi connectivity index (χ2v) is 5.44. The van der Waals surface area contributed by atoms with Gasteiger partial charge in [0.2, 0.25) is 0 Å². The van der Waals surface area contributed by atoms with Crippen molar-refractivity contribution in [2.45, 2.75) is 25.4 Å². The topological polar surface area (TPSA) is 77.0 Å². The van der Waals surface area contributed by atoms with Crippen molar-refractivity contribution in [3.8, 4) is 0 Å². The van der Waals surface area contributed by atoms with Crippen LogP contribution in [0.15, 0.2) is 36.5 Å². The highest BCUT2D eigenvalue weighted by molar-refractivity contribution is 5.92. The van der Waals surface area contributed by atoms with Gasteiger partial charge in [-0.1, -0.05) is 35.5 Å². The average Bonchev–Trinajstić information content (AvgIpc) is 2.96. The summed E-state index contributed by atoms with van der Waals surface area (Å²) in [6.45, 7) is 1.96. The molecule has 1 aliphatic rings. The van der Waals surface area contributed by atoms with Crippen molar-refractivity contribution in [1.29, 1.82) is 0 Å². The van der Waals surface area contributed by atoms with Crippen molar-refractivity contribution in [2.75, 3.05) is 13.1 Å². The Hall–Kier alpha value is -1.92. The molecule has 7 heteroatoms. The molecule has 1 aliphatic heterocycles. The maximum absolute atomic E-state index is 12.4. The van der Waals surface area contributed by atoms with E-state index in [1.54, 1.807) is 15.8 Å². The summed E-state index contributed by atoms with van der Waals surface area (Å²) in [4.78, 5) is 14.1. The minimum atomic E-state index is -0.0792. The highest BCUT2D eigenvalue weighted by atomic mass is 35.5. The standard InChI is InChI=1S/C15H19N5O.ClH/c16-13-7-4-8-19(10-13)15(21)14-11-20(18-17-14)9-12-5-2-1-3-6-12;/h1-3,5-6,11,13H,4,7-10,16H2;1H. The van der Waals surface area contributed by atoms with Gasteiger partial charge in [-0.05, 0) is 18.4 Å². The molecule has 0 aliphatic carbocycles. The number of rotatable bonds is 3. The monoisotopic (exact) mass is 321 g/mol. The van der Waals surface area contributed by atoms with Crippen LogP contribution in [0.3, 0.4) is 0 Å². The molecule has 1 saturated heterocycles. The van der Waals surface area contributed by atoms with Crippen LogP contribution in [0.25, 0.3) is 0 Å². The first-order valence-electron chi connectivity index (χ1n) is 7.21. The number of carbonyl (C=O) groups is 1. The molecule has 1 aromatic carbocycles. The van der Waals surface area contributed by atoms with E-state index in [9.17, 15) is 4.79 Å². The molecule has 118 valence electrons. The average molecular weight is 322 g/mol. The van der Waals surface area contributed by atoms with Gasteiger partial charge in [-0.15, -0.1) is 17.5 Å². The summed E-state index contributed by atoms with van der Waals surface area (Å²) >= 11 is 0. The Morgan fingerprint density at radius 2 is 2.09 bits per heavy atom. The van der Waals surface area contributed by atoms with E-state index in [0.29, 0.717) is 18.8 Å². The van der Waals surface area contributed by atoms with Gasteiger partial charge in [0, 0.05) is 19.1 Å². The third-order valence-corrected chi connectivity index (χ3v) is 3.69. The SMILES string of the molecule is Cl.NC1CCCN(C(=O)c2cn(Cc3ccccc3)nn2)C1. The molecule has 22 heavy (non-hydrogen) atoms. The van der Waals surface area contributed by atoms with Crippen LogP contribution in [0, 0.1) is 0 Å². The summed E-state index contributed by atoms with van der Waals surface area (Å²) in [5.41, 5.74) is 7.43. The molecule has 0 spiro atoms. The Morgan fingerprint density at radius 3 is 2.82 bits per heavy atom. The number of likely N-dealkylation sites (tertiary alicyclic amines) is 1. The fourth-order valence-electron chi connectivity index (χ4n) is 2.60. The van der Waals surface area contributed by atoms with Crippen molar-refractivity contribution in [2.24, 2.45) is 5.73 Å². The number of amides is 1. The van der Waals surface area contributed by atoms with Gasteiger partial charge in [-0.25, -0.2) is 4.68 Å². The molecule has 1 amide bonds. The van der Waals surface area contributed by atoms with E-state index in [0.717, 1.165) is 24.9 Å². The first kappa shape index (κ1) is 16.5. The molecule has 2 aromatic rings. The predicted octanol–water partition coefficient (Wildman–Crippen LogP) is 1.31. The fraction of sp³-hybridized carbons (Fsp3) is 0.400. The van der Waals surface area contributed by atoms with Gasteiger partial charge in [-0.2, -0.15) is 0 Å². The first-order valence-corrected chi connectivity index (χ1v) is 7.21. The minimum Gasteiger partial charge on any atom is -0.336 e. The Kier molecular flexibility index (Phi) is 5.51. The van der Waals surface area contributed by atoms with Gasteiger partial charge in [0.05, 0.1) is 12.7 Å². The van der Waals surface area contributed by atoms with Crippen molar-refractivity contribution in [3.05, 3.63) is 47.8 Å². The van der Waals surface area contributed by atoms with Crippen LogP contribution in [-0.2, 0) is 6.54 Å². The third-order valence-electron chi connectivity index (χ3n) is 3.69. The molecule has 6 nitrogen and oxygen atoms in total. The van der Waals surface area contributed by atoms with Gasteiger partial charge >= 0.3 is 0 Å². The second kappa shape index (κ2) is 7.38. The summed E-state index contributed by atoms with van der Waals surface area (Å²) in [5.74, 6) is -0.0792. The Bertz CT molecular complexity index is 615. The normalized spacial score (nSPS) is 17.9. The summed E-state index contributed by atoms with van der Waals surface area (Å²) in [7, 11) is 0. The largest absolute Gasteiger partial charge is 0.336 e. The first-order chi connectivity index (χ1) is 10.2. The van der Waals surface area contributed by atoms with Crippen LogP contribution in [0.5, 0.6) is 0 Å². The van der Waals surface area contributed by atoms with E-state index in [2.05, 4.69) is 10.3 Å². The van der Waals surface area contributed by atoms with Crippen molar-refractivity contribution >= 4 is 18.3 Å². The molecule has 3 rings (SSSR count). The number of aromatic nitrogens is 3. The number of carbonyl (C=O) groups excluding carboxylic acids is 1. The molecule has 0 bridgehead atoms. The van der Waals surface area contributed by atoms with E-state index in [1.165, 1.54) is 0 Å². The smallest absolute Gasteiger partial charge is 0.276 e. The maximum atomic E-state index is 12.4. The van der Waals surface area contributed by atoms with Gasteiger partial charge in [0.1, 0.15) is 0 Å². The van der Waals surface area contributed by atoms with E-state index in [1.807, 2.05) is 30.3 Å². The van der Waals surface area contributed by atoms with Crippen LogP contribution in [0.1, 0.15) is 28.9 Å². The summed E-state index contributed by atoms with van der Waals surface area (Å²) < 4.78 is 1.69. The number of hydrogen-bond acceptors (Lipinski definition) is 4. The van der Waals surface area contributed by atoms with E-state index in [4.69, 9.17) is 5.73 Å². The van der Waals surface area contributed by atoms with E-state index in [-0.39, 0.29) is 24.4 Å². The van der Waals surface area contributed by atoms with Crippen molar-refractivity contribution in [3.63, 3.8) is 0 Å². The number of benzene rings is 1.